The molecule has 1 N–H and O–H groups in total. The molecule has 1 amide bonds. The first-order valence-electron chi connectivity index (χ1n) is 10.2. The van der Waals surface area contributed by atoms with E-state index in [1.54, 1.807) is 18.3 Å². The highest BCUT2D eigenvalue weighted by molar-refractivity contribution is 7.99. The summed E-state index contributed by atoms with van der Waals surface area (Å²) in [5, 5.41) is 12.3. The average Bonchev–Trinajstić information content (AvgIpc) is 3.22. The summed E-state index contributed by atoms with van der Waals surface area (Å²) in [6.45, 7) is 4.27. The number of thioether (sulfide) groups is 1. The molecule has 0 saturated carbocycles. The van der Waals surface area contributed by atoms with E-state index in [-0.39, 0.29) is 23.4 Å². The van der Waals surface area contributed by atoms with Crippen molar-refractivity contribution in [3.63, 3.8) is 0 Å². The predicted molar refractivity (Wildman–Crippen MR) is 130 cm³/mol. The van der Waals surface area contributed by atoms with Gasteiger partial charge in [0.1, 0.15) is 12.4 Å². The Hall–Kier alpha value is -3.36. The Balaban J connectivity index is 1.53. The zero-order valence-corrected chi connectivity index (χ0v) is 19.7. The second-order valence-electron chi connectivity index (χ2n) is 7.26. The van der Waals surface area contributed by atoms with E-state index in [0.717, 1.165) is 22.6 Å². The van der Waals surface area contributed by atoms with Crippen LogP contribution >= 0.6 is 23.4 Å². The van der Waals surface area contributed by atoms with Gasteiger partial charge in [0, 0.05) is 11.9 Å². The molecule has 0 aliphatic carbocycles. The first-order chi connectivity index (χ1) is 16.0. The monoisotopic (exact) mass is 479 g/mol. The van der Waals surface area contributed by atoms with Crippen LogP contribution in [0.2, 0.25) is 5.15 Å². The number of nitrogens with one attached hydrogen (secondary N) is 1. The van der Waals surface area contributed by atoms with Gasteiger partial charge in [-0.15, -0.1) is 10.2 Å². The molecule has 2 aromatic carbocycles. The number of hydrogen-bond acceptors (Lipinski definition) is 6. The number of hydrogen-bond donors (Lipinski definition) is 1. The summed E-state index contributed by atoms with van der Waals surface area (Å²) >= 11 is 7.31. The Morgan fingerprint density at radius 1 is 1.03 bits per heavy atom. The molecule has 0 saturated heterocycles. The number of pyridine rings is 1. The van der Waals surface area contributed by atoms with Crippen LogP contribution in [0.15, 0.2) is 72.0 Å². The topological polar surface area (TPSA) is 81.9 Å². The molecule has 0 radical (unpaired) electrons. The maximum Gasteiger partial charge on any atom is 0.234 e. The standard InChI is InChI=1S/C24H22ClN5O2S/c1-16-8-6-9-17(2)22(16)32-14-20-28-29-24(30(20)18-10-4-3-5-11-18)33-15-21(31)27-19-12-7-13-26-23(19)25/h3-13H,14-15H2,1-2H3,(H,27,31). The highest BCUT2D eigenvalue weighted by atomic mass is 35.5. The number of aryl methyl sites for hydroxylation is 2. The third-order valence-electron chi connectivity index (χ3n) is 4.83. The van der Waals surface area contributed by atoms with E-state index in [9.17, 15) is 4.79 Å². The molecule has 2 aromatic heterocycles. The zero-order valence-electron chi connectivity index (χ0n) is 18.2. The Morgan fingerprint density at radius 2 is 1.79 bits per heavy atom. The third-order valence-corrected chi connectivity index (χ3v) is 6.06. The van der Waals surface area contributed by atoms with Crippen LogP contribution in [-0.4, -0.2) is 31.4 Å². The van der Waals surface area contributed by atoms with Gasteiger partial charge in [0.15, 0.2) is 16.1 Å². The fraction of sp³-hybridized carbons (Fsp3) is 0.167. The second kappa shape index (κ2) is 10.5. The number of para-hydroxylation sites is 2. The van der Waals surface area contributed by atoms with Gasteiger partial charge in [0.2, 0.25) is 5.91 Å². The van der Waals surface area contributed by atoms with Crippen molar-refractivity contribution >= 4 is 35.0 Å². The van der Waals surface area contributed by atoms with Crippen molar-refractivity contribution in [1.82, 2.24) is 19.7 Å². The van der Waals surface area contributed by atoms with Crippen molar-refractivity contribution in [3.05, 3.63) is 89.0 Å². The molecular formula is C24H22ClN5O2S. The lowest BCUT2D eigenvalue weighted by Gasteiger charge is -2.13. The van der Waals surface area contributed by atoms with Crippen LogP contribution in [0.3, 0.4) is 0 Å². The van der Waals surface area contributed by atoms with Crippen molar-refractivity contribution in [2.75, 3.05) is 11.1 Å². The fourth-order valence-electron chi connectivity index (χ4n) is 3.28. The molecule has 168 valence electrons. The second-order valence-corrected chi connectivity index (χ2v) is 8.56. The number of amides is 1. The normalized spacial score (nSPS) is 10.8. The van der Waals surface area contributed by atoms with E-state index >= 15 is 0 Å². The van der Waals surface area contributed by atoms with E-state index < -0.39 is 0 Å². The van der Waals surface area contributed by atoms with Crippen LogP contribution in [-0.2, 0) is 11.4 Å². The molecule has 0 fully saturated rings. The average molecular weight is 480 g/mol. The molecule has 0 aliphatic heterocycles. The molecule has 33 heavy (non-hydrogen) atoms. The number of rotatable bonds is 8. The van der Waals surface area contributed by atoms with Crippen molar-refractivity contribution < 1.29 is 9.53 Å². The first-order valence-corrected chi connectivity index (χ1v) is 11.6. The smallest absolute Gasteiger partial charge is 0.234 e. The highest BCUT2D eigenvalue weighted by Gasteiger charge is 2.17. The molecule has 0 aliphatic rings. The molecule has 0 unspecified atom stereocenters. The van der Waals surface area contributed by atoms with E-state index in [1.165, 1.54) is 11.8 Å². The van der Waals surface area contributed by atoms with Gasteiger partial charge in [-0.05, 0) is 49.2 Å². The number of halogens is 1. The van der Waals surface area contributed by atoms with Crippen molar-refractivity contribution in [3.8, 4) is 11.4 Å². The van der Waals surface area contributed by atoms with Gasteiger partial charge in [-0.2, -0.15) is 0 Å². The summed E-state index contributed by atoms with van der Waals surface area (Å²) in [6.07, 6.45) is 1.57. The van der Waals surface area contributed by atoms with Crippen LogP contribution in [0.1, 0.15) is 17.0 Å². The maximum atomic E-state index is 12.5. The van der Waals surface area contributed by atoms with Gasteiger partial charge >= 0.3 is 0 Å². The van der Waals surface area contributed by atoms with Crippen molar-refractivity contribution in [2.45, 2.75) is 25.6 Å². The number of carbonyl (C=O) groups excluding carboxylic acids is 1. The molecule has 4 rings (SSSR count). The molecule has 0 spiro atoms. The van der Waals surface area contributed by atoms with Gasteiger partial charge < -0.3 is 10.1 Å². The summed E-state index contributed by atoms with van der Waals surface area (Å²) in [6, 6.07) is 19.2. The first kappa shape index (κ1) is 22.8. The van der Waals surface area contributed by atoms with Crippen LogP contribution < -0.4 is 10.1 Å². The maximum absolute atomic E-state index is 12.5. The summed E-state index contributed by atoms with van der Waals surface area (Å²) in [4.78, 5) is 16.4. The Bertz CT molecular complexity index is 1240. The third kappa shape index (κ3) is 5.53. The van der Waals surface area contributed by atoms with Gasteiger partial charge in [0.25, 0.3) is 0 Å². The van der Waals surface area contributed by atoms with Gasteiger partial charge in [-0.1, -0.05) is 59.8 Å². The molecule has 9 heteroatoms. The summed E-state index contributed by atoms with van der Waals surface area (Å²) in [7, 11) is 0. The number of anilines is 1. The van der Waals surface area contributed by atoms with E-state index in [2.05, 4.69) is 20.5 Å². The Kier molecular flexibility index (Phi) is 7.26. The van der Waals surface area contributed by atoms with Gasteiger partial charge in [-0.25, -0.2) is 4.98 Å². The number of benzene rings is 2. The van der Waals surface area contributed by atoms with E-state index in [1.807, 2.05) is 66.9 Å². The molecule has 0 bridgehead atoms. The lowest BCUT2D eigenvalue weighted by atomic mass is 10.1. The number of ether oxygens (including phenoxy) is 1. The van der Waals surface area contributed by atoms with Crippen molar-refractivity contribution in [2.24, 2.45) is 0 Å². The molecule has 0 atom stereocenters. The van der Waals surface area contributed by atoms with Gasteiger partial charge in [0.05, 0.1) is 11.4 Å². The van der Waals surface area contributed by atoms with Crippen LogP contribution in [0.5, 0.6) is 5.75 Å². The molecule has 2 heterocycles. The number of carbonyl (C=O) groups is 1. The van der Waals surface area contributed by atoms with Crippen LogP contribution in [0, 0.1) is 13.8 Å². The Morgan fingerprint density at radius 3 is 2.52 bits per heavy atom. The Labute approximate surface area is 201 Å². The predicted octanol–water partition coefficient (Wildman–Crippen LogP) is 5.24. The zero-order chi connectivity index (χ0) is 23.2. The van der Waals surface area contributed by atoms with Crippen LogP contribution in [0.4, 0.5) is 5.69 Å². The minimum atomic E-state index is -0.217. The minimum Gasteiger partial charge on any atom is -0.485 e. The molecular weight excluding hydrogens is 458 g/mol. The minimum absolute atomic E-state index is 0.133. The summed E-state index contributed by atoms with van der Waals surface area (Å²) in [5.74, 6) is 1.39. The van der Waals surface area contributed by atoms with Gasteiger partial charge in [-0.3, -0.25) is 9.36 Å². The SMILES string of the molecule is Cc1cccc(C)c1OCc1nnc(SCC(=O)Nc2cccnc2Cl)n1-c1ccccc1. The number of aromatic nitrogens is 4. The van der Waals surface area contributed by atoms with E-state index in [4.69, 9.17) is 16.3 Å². The van der Waals surface area contributed by atoms with Crippen LogP contribution in [0.25, 0.3) is 5.69 Å². The largest absolute Gasteiger partial charge is 0.485 e. The number of nitrogens with zero attached hydrogens (tertiary/aromatic N) is 4. The van der Waals surface area contributed by atoms with Crippen molar-refractivity contribution in [1.29, 1.82) is 0 Å². The highest BCUT2D eigenvalue weighted by Crippen LogP contribution is 2.26. The quantitative estimate of drug-likeness (QED) is 0.275. The lowest BCUT2D eigenvalue weighted by molar-refractivity contribution is -0.113. The fourth-order valence-corrected chi connectivity index (χ4v) is 4.22. The molecule has 4 aromatic rings. The summed E-state index contributed by atoms with van der Waals surface area (Å²) in [5.41, 5.74) is 3.47. The lowest BCUT2D eigenvalue weighted by Crippen LogP contribution is -2.15. The summed E-state index contributed by atoms with van der Waals surface area (Å²) < 4.78 is 8.02. The van der Waals surface area contributed by atoms with E-state index in [0.29, 0.717) is 16.7 Å². The molecule has 7 nitrogen and oxygen atoms in total.